The summed E-state index contributed by atoms with van der Waals surface area (Å²) in [6.45, 7) is 0. The first-order valence-electron chi connectivity index (χ1n) is 6.31. The molecule has 2 aromatic rings. The summed E-state index contributed by atoms with van der Waals surface area (Å²) in [5.74, 6) is -2.28. The Morgan fingerprint density at radius 2 is 1.95 bits per heavy atom. The number of methoxy groups -OCH3 is 1. The van der Waals surface area contributed by atoms with E-state index in [9.17, 15) is 13.6 Å². The fourth-order valence-corrected chi connectivity index (χ4v) is 1.86. The standard InChI is InChI=1S/C17H11F2NO2/c1-22-14-6-2-5-12(9-14)17(21)13(10-20)8-11-4-3-7-15(18)16(11)19/h2-9H,1H3/b13-8+. The van der Waals surface area contributed by atoms with Crippen molar-refractivity contribution in [2.45, 2.75) is 0 Å². The molecule has 0 aliphatic heterocycles. The molecular formula is C17H11F2NO2. The van der Waals surface area contributed by atoms with Gasteiger partial charge >= 0.3 is 0 Å². The lowest BCUT2D eigenvalue weighted by molar-refractivity contribution is 0.103. The number of allylic oxidation sites excluding steroid dienone is 1. The molecule has 0 bridgehead atoms. The van der Waals surface area contributed by atoms with E-state index in [4.69, 9.17) is 10.00 Å². The van der Waals surface area contributed by atoms with Gasteiger partial charge in [-0.2, -0.15) is 5.26 Å². The fourth-order valence-electron chi connectivity index (χ4n) is 1.86. The molecule has 0 aliphatic rings. The van der Waals surface area contributed by atoms with Crippen LogP contribution in [0, 0.1) is 23.0 Å². The molecule has 0 saturated heterocycles. The van der Waals surface area contributed by atoms with Gasteiger partial charge in [0.1, 0.15) is 17.4 Å². The molecule has 3 nitrogen and oxygen atoms in total. The number of carbonyl (C=O) groups is 1. The Hall–Kier alpha value is -3.00. The minimum atomic E-state index is -1.10. The highest BCUT2D eigenvalue weighted by atomic mass is 19.2. The molecule has 0 amide bonds. The van der Waals surface area contributed by atoms with Crippen molar-refractivity contribution < 1.29 is 18.3 Å². The van der Waals surface area contributed by atoms with E-state index < -0.39 is 17.4 Å². The normalized spacial score (nSPS) is 10.9. The van der Waals surface area contributed by atoms with Crippen molar-refractivity contribution in [2.24, 2.45) is 0 Å². The summed E-state index contributed by atoms with van der Waals surface area (Å²) in [5, 5.41) is 9.12. The first kappa shape index (κ1) is 15.4. The van der Waals surface area contributed by atoms with Crippen LogP contribution in [0.2, 0.25) is 0 Å². The molecule has 0 saturated carbocycles. The third kappa shape index (κ3) is 3.18. The van der Waals surface area contributed by atoms with E-state index in [0.29, 0.717) is 5.75 Å². The molecule has 110 valence electrons. The van der Waals surface area contributed by atoms with Gasteiger partial charge in [0.05, 0.1) is 7.11 Å². The number of benzene rings is 2. The first-order valence-corrected chi connectivity index (χ1v) is 6.31. The van der Waals surface area contributed by atoms with Crippen molar-refractivity contribution in [3.05, 3.63) is 70.8 Å². The SMILES string of the molecule is COc1cccc(C(=O)/C(C#N)=C/c2cccc(F)c2F)c1. The Morgan fingerprint density at radius 3 is 2.64 bits per heavy atom. The van der Waals surface area contributed by atoms with E-state index in [-0.39, 0.29) is 16.7 Å². The Labute approximate surface area is 126 Å². The molecular weight excluding hydrogens is 288 g/mol. The van der Waals surface area contributed by atoms with E-state index in [1.54, 1.807) is 18.2 Å². The quantitative estimate of drug-likeness (QED) is 0.490. The van der Waals surface area contributed by atoms with E-state index in [1.165, 1.54) is 31.4 Å². The third-order valence-electron chi connectivity index (χ3n) is 2.98. The maximum absolute atomic E-state index is 13.6. The number of rotatable bonds is 4. The lowest BCUT2D eigenvalue weighted by Gasteiger charge is -2.04. The van der Waals surface area contributed by atoms with Gasteiger partial charge in [-0.15, -0.1) is 0 Å². The number of halogens is 2. The van der Waals surface area contributed by atoms with E-state index in [0.717, 1.165) is 12.1 Å². The average molecular weight is 299 g/mol. The molecule has 0 spiro atoms. The molecule has 22 heavy (non-hydrogen) atoms. The van der Waals surface area contributed by atoms with Crippen LogP contribution in [0.5, 0.6) is 5.75 Å². The van der Waals surface area contributed by atoms with Crippen LogP contribution in [0.3, 0.4) is 0 Å². The largest absolute Gasteiger partial charge is 0.497 e. The van der Waals surface area contributed by atoms with E-state index >= 15 is 0 Å². The van der Waals surface area contributed by atoms with Crippen LogP contribution >= 0.6 is 0 Å². The topological polar surface area (TPSA) is 50.1 Å². The van der Waals surface area contributed by atoms with Gasteiger partial charge in [-0.25, -0.2) is 8.78 Å². The summed E-state index contributed by atoms with van der Waals surface area (Å²) in [4.78, 5) is 12.3. The zero-order valence-corrected chi connectivity index (χ0v) is 11.6. The van der Waals surface area contributed by atoms with Gasteiger partial charge in [-0.3, -0.25) is 4.79 Å². The summed E-state index contributed by atoms with van der Waals surface area (Å²) >= 11 is 0. The average Bonchev–Trinajstić information content (AvgIpc) is 2.55. The van der Waals surface area contributed by atoms with E-state index in [1.807, 2.05) is 0 Å². The second-order valence-electron chi connectivity index (χ2n) is 4.37. The zero-order valence-electron chi connectivity index (χ0n) is 11.6. The number of hydrogen-bond donors (Lipinski definition) is 0. The number of carbonyl (C=O) groups excluding carboxylic acids is 1. The molecule has 0 heterocycles. The lowest BCUT2D eigenvalue weighted by atomic mass is 10.0. The first-order chi connectivity index (χ1) is 10.6. The van der Waals surface area contributed by atoms with Crippen LogP contribution in [-0.2, 0) is 0 Å². The molecule has 2 rings (SSSR count). The van der Waals surface area contributed by atoms with Crippen LogP contribution in [-0.4, -0.2) is 12.9 Å². The molecule has 0 N–H and O–H groups in total. The van der Waals surface area contributed by atoms with Crippen LogP contribution in [0.4, 0.5) is 8.78 Å². The van der Waals surface area contributed by atoms with Crippen LogP contribution in [0.1, 0.15) is 15.9 Å². The molecule has 0 radical (unpaired) electrons. The molecule has 5 heteroatoms. The maximum Gasteiger partial charge on any atom is 0.203 e. The minimum absolute atomic E-state index is 0.159. The van der Waals surface area contributed by atoms with Gasteiger partial charge in [0, 0.05) is 11.1 Å². The summed E-state index contributed by atoms with van der Waals surface area (Å²) in [5.41, 5.74) is -0.227. The highest BCUT2D eigenvalue weighted by Gasteiger charge is 2.14. The maximum atomic E-state index is 13.6. The smallest absolute Gasteiger partial charge is 0.203 e. The Kier molecular flexibility index (Phi) is 4.64. The van der Waals surface area contributed by atoms with E-state index in [2.05, 4.69) is 0 Å². The van der Waals surface area contributed by atoms with Gasteiger partial charge in [0.2, 0.25) is 5.78 Å². The predicted octanol–water partition coefficient (Wildman–Crippen LogP) is 3.76. The monoisotopic (exact) mass is 299 g/mol. The molecule has 0 aromatic heterocycles. The Balaban J connectivity index is 2.43. The van der Waals surface area contributed by atoms with Crippen LogP contribution in [0.15, 0.2) is 48.0 Å². The molecule has 0 atom stereocenters. The third-order valence-corrected chi connectivity index (χ3v) is 2.98. The van der Waals surface area contributed by atoms with Gasteiger partial charge in [-0.05, 0) is 24.3 Å². The number of nitrogens with zero attached hydrogens (tertiary/aromatic N) is 1. The predicted molar refractivity (Wildman–Crippen MR) is 77.3 cm³/mol. The lowest BCUT2D eigenvalue weighted by Crippen LogP contribution is -2.03. The number of hydrogen-bond acceptors (Lipinski definition) is 3. The highest BCUT2D eigenvalue weighted by molar-refractivity contribution is 6.14. The summed E-state index contributed by atoms with van der Waals surface area (Å²) in [6, 6.07) is 11.5. The van der Waals surface area contributed by atoms with Crippen molar-refractivity contribution in [3.63, 3.8) is 0 Å². The van der Waals surface area contributed by atoms with Gasteiger partial charge in [0.15, 0.2) is 11.6 Å². The number of nitriles is 1. The summed E-state index contributed by atoms with van der Waals surface area (Å²) in [6.07, 6.45) is 1.03. The van der Waals surface area contributed by atoms with Gasteiger partial charge in [0.25, 0.3) is 0 Å². The van der Waals surface area contributed by atoms with Crippen molar-refractivity contribution >= 4 is 11.9 Å². The van der Waals surface area contributed by atoms with Gasteiger partial charge in [-0.1, -0.05) is 24.3 Å². The van der Waals surface area contributed by atoms with Crippen molar-refractivity contribution in [2.75, 3.05) is 7.11 Å². The molecule has 0 unspecified atom stereocenters. The molecule has 0 fully saturated rings. The van der Waals surface area contributed by atoms with Crippen molar-refractivity contribution in [1.82, 2.24) is 0 Å². The van der Waals surface area contributed by atoms with Gasteiger partial charge < -0.3 is 4.74 Å². The van der Waals surface area contributed by atoms with Crippen LogP contribution in [0.25, 0.3) is 6.08 Å². The molecule has 0 aliphatic carbocycles. The van der Waals surface area contributed by atoms with Crippen molar-refractivity contribution in [1.29, 1.82) is 5.26 Å². The zero-order chi connectivity index (χ0) is 16.1. The second-order valence-corrected chi connectivity index (χ2v) is 4.37. The summed E-state index contributed by atoms with van der Waals surface area (Å²) in [7, 11) is 1.45. The van der Waals surface area contributed by atoms with Crippen molar-refractivity contribution in [3.8, 4) is 11.8 Å². The molecule has 2 aromatic carbocycles. The second kappa shape index (κ2) is 6.64. The minimum Gasteiger partial charge on any atom is -0.497 e. The van der Waals surface area contributed by atoms with Crippen LogP contribution < -0.4 is 4.74 Å². The summed E-state index contributed by atoms with van der Waals surface area (Å²) < 4.78 is 31.8. The Bertz CT molecular complexity index is 791. The highest BCUT2D eigenvalue weighted by Crippen LogP contribution is 2.19. The number of ether oxygens (including phenoxy) is 1. The number of ketones is 1. The fraction of sp³-hybridized carbons (Fsp3) is 0.0588. The Morgan fingerprint density at radius 1 is 1.23 bits per heavy atom. The number of Topliss-reactive ketones (excluding diaryl/α,β-unsaturated/α-hetero) is 1.